The lowest BCUT2D eigenvalue weighted by Crippen LogP contribution is -2.30. The summed E-state index contributed by atoms with van der Waals surface area (Å²) in [5.74, 6) is -1.67. The number of sulfone groups is 1. The van der Waals surface area contributed by atoms with Crippen LogP contribution in [0.25, 0.3) is 0 Å². The third-order valence-electron chi connectivity index (χ3n) is 3.92. The molecule has 1 atom stereocenters. The zero-order valence-electron chi connectivity index (χ0n) is 14.8. The number of hydrogen-bond acceptors (Lipinski definition) is 5. The lowest BCUT2D eigenvalue weighted by atomic mass is 10.0. The molecule has 1 amide bonds. The largest absolute Gasteiger partial charge is 0.481 e. The van der Waals surface area contributed by atoms with Gasteiger partial charge in [-0.2, -0.15) is 0 Å². The number of aliphatic carboxylic acids is 1. The number of amides is 1. The van der Waals surface area contributed by atoms with E-state index in [-0.39, 0.29) is 29.2 Å². The number of ether oxygens (including phenoxy) is 1. The number of benzene rings is 2. The van der Waals surface area contributed by atoms with Crippen molar-refractivity contribution >= 4 is 21.7 Å². The van der Waals surface area contributed by atoms with E-state index < -0.39 is 27.8 Å². The van der Waals surface area contributed by atoms with Crippen LogP contribution in [-0.2, 0) is 19.4 Å². The Labute approximate surface area is 157 Å². The Bertz CT molecular complexity index is 878. The predicted molar refractivity (Wildman–Crippen MR) is 99.3 cm³/mol. The van der Waals surface area contributed by atoms with Gasteiger partial charge in [0.2, 0.25) is 0 Å². The van der Waals surface area contributed by atoms with Crippen LogP contribution in [0.2, 0.25) is 0 Å². The quantitative estimate of drug-likeness (QED) is 0.677. The van der Waals surface area contributed by atoms with Crippen LogP contribution in [0.4, 0.5) is 0 Å². The maximum absolute atomic E-state index is 12.5. The molecular weight excluding hydrogens is 370 g/mol. The molecule has 0 heterocycles. The van der Waals surface area contributed by atoms with Gasteiger partial charge in [-0.15, -0.1) is 0 Å². The van der Waals surface area contributed by atoms with Crippen LogP contribution in [0.5, 0.6) is 0 Å². The molecule has 0 aliphatic rings. The van der Waals surface area contributed by atoms with Crippen molar-refractivity contribution in [3.05, 3.63) is 65.7 Å². The number of carbonyl (C=O) groups is 2. The molecule has 0 fully saturated rings. The minimum atomic E-state index is -3.48. The van der Waals surface area contributed by atoms with E-state index in [1.54, 1.807) is 30.3 Å². The van der Waals surface area contributed by atoms with Gasteiger partial charge in [0.05, 0.1) is 29.7 Å². The van der Waals surface area contributed by atoms with E-state index in [4.69, 9.17) is 9.84 Å². The molecule has 2 rings (SSSR count). The SMILES string of the molecule is COCCS(=O)(=O)c1ccc(C(=O)NC(CC(=O)O)c2ccccc2)cc1. The average Bonchev–Trinajstić information content (AvgIpc) is 2.66. The lowest BCUT2D eigenvalue weighted by Gasteiger charge is -2.17. The highest BCUT2D eigenvalue weighted by atomic mass is 32.2. The highest BCUT2D eigenvalue weighted by molar-refractivity contribution is 7.91. The highest BCUT2D eigenvalue weighted by Crippen LogP contribution is 2.18. The van der Waals surface area contributed by atoms with Gasteiger partial charge < -0.3 is 15.2 Å². The van der Waals surface area contributed by atoms with Gasteiger partial charge in [-0.05, 0) is 29.8 Å². The molecule has 7 nitrogen and oxygen atoms in total. The fourth-order valence-electron chi connectivity index (χ4n) is 2.48. The molecule has 0 saturated carbocycles. The second-order valence-corrected chi connectivity index (χ2v) is 7.98. The molecule has 0 saturated heterocycles. The number of carbonyl (C=O) groups excluding carboxylic acids is 1. The number of methoxy groups -OCH3 is 1. The third kappa shape index (κ3) is 5.90. The minimum absolute atomic E-state index is 0.0819. The van der Waals surface area contributed by atoms with E-state index in [9.17, 15) is 18.0 Å². The fourth-order valence-corrected chi connectivity index (χ4v) is 3.65. The highest BCUT2D eigenvalue weighted by Gasteiger charge is 2.20. The van der Waals surface area contributed by atoms with Crippen molar-refractivity contribution in [1.29, 1.82) is 0 Å². The van der Waals surface area contributed by atoms with Crippen molar-refractivity contribution in [2.45, 2.75) is 17.4 Å². The maximum Gasteiger partial charge on any atom is 0.305 e. The van der Waals surface area contributed by atoms with Crippen molar-refractivity contribution in [2.75, 3.05) is 19.5 Å². The molecule has 0 aliphatic carbocycles. The summed E-state index contributed by atoms with van der Waals surface area (Å²) >= 11 is 0. The van der Waals surface area contributed by atoms with Gasteiger partial charge in [0.25, 0.3) is 5.91 Å². The van der Waals surface area contributed by atoms with Crippen LogP contribution < -0.4 is 5.32 Å². The van der Waals surface area contributed by atoms with Crippen molar-refractivity contribution in [3.8, 4) is 0 Å². The van der Waals surface area contributed by atoms with E-state index in [0.717, 1.165) is 0 Å². The van der Waals surface area contributed by atoms with Crippen LogP contribution in [0.3, 0.4) is 0 Å². The van der Waals surface area contributed by atoms with Crippen molar-refractivity contribution in [2.24, 2.45) is 0 Å². The number of carboxylic acids is 1. The summed E-state index contributed by atoms with van der Waals surface area (Å²) in [6.45, 7) is 0.0819. The molecule has 1 unspecified atom stereocenters. The molecule has 27 heavy (non-hydrogen) atoms. The van der Waals surface area contributed by atoms with Gasteiger partial charge in [-0.1, -0.05) is 30.3 Å². The standard InChI is InChI=1S/C19H21NO6S/c1-26-11-12-27(24,25)16-9-7-15(8-10-16)19(23)20-17(13-18(21)22)14-5-3-2-4-6-14/h2-10,17H,11-13H2,1H3,(H,20,23)(H,21,22). The van der Waals surface area contributed by atoms with Gasteiger partial charge in [0.1, 0.15) is 0 Å². The van der Waals surface area contributed by atoms with Gasteiger partial charge in [-0.25, -0.2) is 8.42 Å². The van der Waals surface area contributed by atoms with Crippen LogP contribution in [-0.4, -0.2) is 44.9 Å². The molecule has 0 bridgehead atoms. The Balaban J connectivity index is 2.15. The molecule has 0 aromatic heterocycles. The molecule has 2 aromatic carbocycles. The van der Waals surface area contributed by atoms with Crippen LogP contribution >= 0.6 is 0 Å². The Kier molecular flexibility index (Phi) is 7.09. The Morgan fingerprint density at radius 1 is 1.07 bits per heavy atom. The predicted octanol–water partition coefficient (Wildman–Crippen LogP) is 2.05. The number of carboxylic acid groups (broad SMARTS) is 1. The average molecular weight is 391 g/mol. The second kappa shape index (κ2) is 9.29. The van der Waals surface area contributed by atoms with Crippen LogP contribution in [0.15, 0.2) is 59.5 Å². The Hall–Kier alpha value is -2.71. The number of nitrogens with one attached hydrogen (secondary N) is 1. The summed E-state index contributed by atoms with van der Waals surface area (Å²) in [5.41, 5.74) is 0.916. The molecular formula is C19H21NO6S. The molecule has 0 radical (unpaired) electrons. The molecule has 2 N–H and O–H groups in total. The zero-order valence-corrected chi connectivity index (χ0v) is 15.6. The van der Waals surface area contributed by atoms with E-state index in [2.05, 4.69) is 5.32 Å². The lowest BCUT2D eigenvalue weighted by molar-refractivity contribution is -0.137. The Morgan fingerprint density at radius 2 is 1.70 bits per heavy atom. The van der Waals surface area contributed by atoms with Crippen molar-refractivity contribution < 1.29 is 27.9 Å². The van der Waals surface area contributed by atoms with Gasteiger partial charge in [0, 0.05) is 12.7 Å². The summed E-state index contributed by atoms with van der Waals surface area (Å²) in [7, 11) is -2.06. The maximum atomic E-state index is 12.5. The molecule has 144 valence electrons. The van der Waals surface area contributed by atoms with E-state index in [0.29, 0.717) is 5.56 Å². The smallest absolute Gasteiger partial charge is 0.305 e. The monoisotopic (exact) mass is 391 g/mol. The first-order chi connectivity index (χ1) is 12.8. The fraction of sp³-hybridized carbons (Fsp3) is 0.263. The first-order valence-electron chi connectivity index (χ1n) is 8.23. The normalized spacial score (nSPS) is 12.3. The molecule has 8 heteroatoms. The van der Waals surface area contributed by atoms with Crippen LogP contribution in [0, 0.1) is 0 Å². The minimum Gasteiger partial charge on any atom is -0.481 e. The summed E-state index contributed by atoms with van der Waals surface area (Å²) in [6.07, 6.45) is -0.265. The summed E-state index contributed by atoms with van der Waals surface area (Å²) in [4.78, 5) is 23.7. The van der Waals surface area contributed by atoms with E-state index in [1.165, 1.54) is 31.4 Å². The summed E-state index contributed by atoms with van der Waals surface area (Å²) < 4.78 is 29.0. The topological polar surface area (TPSA) is 110 Å². The first-order valence-corrected chi connectivity index (χ1v) is 9.88. The Morgan fingerprint density at radius 3 is 2.26 bits per heavy atom. The molecule has 2 aromatic rings. The third-order valence-corrected chi connectivity index (χ3v) is 5.61. The second-order valence-electron chi connectivity index (χ2n) is 5.87. The molecule has 0 aliphatic heterocycles. The van der Waals surface area contributed by atoms with Crippen molar-refractivity contribution in [1.82, 2.24) is 5.32 Å². The number of hydrogen-bond donors (Lipinski definition) is 2. The summed E-state index contributed by atoms with van der Waals surface area (Å²) in [5, 5.41) is 11.8. The van der Waals surface area contributed by atoms with Gasteiger partial charge in [-0.3, -0.25) is 9.59 Å². The first kappa shape index (κ1) is 20.6. The van der Waals surface area contributed by atoms with Gasteiger partial charge in [0.15, 0.2) is 9.84 Å². The van der Waals surface area contributed by atoms with E-state index >= 15 is 0 Å². The molecule has 0 spiro atoms. The van der Waals surface area contributed by atoms with Crippen molar-refractivity contribution in [3.63, 3.8) is 0 Å². The van der Waals surface area contributed by atoms with E-state index in [1.807, 2.05) is 0 Å². The van der Waals surface area contributed by atoms with Crippen LogP contribution in [0.1, 0.15) is 28.4 Å². The van der Waals surface area contributed by atoms with Gasteiger partial charge >= 0.3 is 5.97 Å². The summed E-state index contributed by atoms with van der Waals surface area (Å²) in [6, 6.07) is 13.6. The number of rotatable bonds is 9. The zero-order chi connectivity index (χ0) is 19.9.